The summed E-state index contributed by atoms with van der Waals surface area (Å²) in [5.74, 6) is 0. The first kappa shape index (κ1) is 24.6. The molecule has 0 bridgehead atoms. The van der Waals surface area contributed by atoms with Crippen LogP contribution in [0, 0.1) is 0 Å². The van der Waals surface area contributed by atoms with Gasteiger partial charge in [-0.1, -0.05) is 5.11 Å². The van der Waals surface area contributed by atoms with E-state index < -0.39 is 59.7 Å². The Hall–Kier alpha value is -1.64. The molecular formula is C9H14N5O13P3. The molecule has 21 heteroatoms. The van der Waals surface area contributed by atoms with E-state index >= 15 is 0 Å². The second kappa shape index (κ2) is 9.24. The molecule has 2 rings (SSSR count). The summed E-state index contributed by atoms with van der Waals surface area (Å²) < 4.78 is 51.5. The number of rotatable bonds is 9. The van der Waals surface area contributed by atoms with E-state index in [2.05, 4.69) is 23.2 Å². The minimum absolute atomic E-state index is 0.143. The number of H-pyrrole nitrogens is 1. The second-order valence-corrected chi connectivity index (χ2v) is 9.98. The van der Waals surface area contributed by atoms with Crippen molar-refractivity contribution in [2.75, 3.05) is 6.61 Å². The smallest absolute Gasteiger partial charge is 0.352 e. The zero-order valence-corrected chi connectivity index (χ0v) is 17.1. The summed E-state index contributed by atoms with van der Waals surface area (Å²) in [6.07, 6.45) is -1.40. The van der Waals surface area contributed by atoms with Crippen molar-refractivity contribution in [2.24, 2.45) is 5.11 Å². The van der Waals surface area contributed by atoms with E-state index in [0.29, 0.717) is 0 Å². The largest absolute Gasteiger partial charge is 0.490 e. The van der Waals surface area contributed by atoms with Gasteiger partial charge in [-0.15, -0.1) is 0 Å². The first-order chi connectivity index (χ1) is 13.7. The maximum absolute atomic E-state index is 11.9. The van der Waals surface area contributed by atoms with Crippen molar-refractivity contribution in [3.63, 3.8) is 0 Å². The molecule has 0 spiro atoms. The Morgan fingerprint density at radius 1 is 1.23 bits per heavy atom. The normalized spacial score (nSPS) is 25.8. The number of nitrogens with zero attached hydrogens (tertiary/aromatic N) is 4. The molecule has 0 amide bonds. The number of nitrogens with one attached hydrogen (secondary N) is 1. The van der Waals surface area contributed by atoms with Crippen molar-refractivity contribution in [1.82, 2.24) is 9.55 Å². The predicted octanol–water partition coefficient (Wildman–Crippen LogP) is -0.154. The van der Waals surface area contributed by atoms with E-state index in [1.807, 2.05) is 4.98 Å². The van der Waals surface area contributed by atoms with Gasteiger partial charge in [-0.05, 0) is 12.0 Å². The van der Waals surface area contributed by atoms with E-state index in [4.69, 9.17) is 24.9 Å². The molecule has 5 N–H and O–H groups in total. The van der Waals surface area contributed by atoms with E-state index in [-0.39, 0.29) is 6.42 Å². The third-order valence-corrected chi connectivity index (χ3v) is 7.13. The van der Waals surface area contributed by atoms with Crippen molar-refractivity contribution in [1.29, 1.82) is 0 Å². The van der Waals surface area contributed by atoms with Crippen molar-refractivity contribution in [3.8, 4) is 0 Å². The van der Waals surface area contributed by atoms with Crippen molar-refractivity contribution in [2.45, 2.75) is 24.8 Å². The molecule has 1 fully saturated rings. The van der Waals surface area contributed by atoms with Crippen LogP contribution in [0.1, 0.15) is 12.6 Å². The van der Waals surface area contributed by atoms with Crippen LogP contribution in [-0.2, 0) is 31.6 Å². The summed E-state index contributed by atoms with van der Waals surface area (Å²) in [7, 11) is -16.6. The molecular weight excluding hydrogens is 479 g/mol. The predicted molar refractivity (Wildman–Crippen MR) is 92.6 cm³/mol. The van der Waals surface area contributed by atoms with Crippen molar-refractivity contribution < 1.29 is 51.2 Å². The van der Waals surface area contributed by atoms with Crippen LogP contribution in [0.3, 0.4) is 0 Å². The van der Waals surface area contributed by atoms with Crippen LogP contribution in [0.25, 0.3) is 10.4 Å². The third kappa shape index (κ3) is 7.25. The molecule has 0 aliphatic carbocycles. The highest BCUT2D eigenvalue weighted by Gasteiger charge is 2.42. The van der Waals surface area contributed by atoms with Gasteiger partial charge in [-0.25, -0.2) is 18.5 Å². The van der Waals surface area contributed by atoms with E-state index in [1.165, 1.54) is 0 Å². The van der Waals surface area contributed by atoms with Crippen molar-refractivity contribution >= 4 is 23.5 Å². The van der Waals surface area contributed by atoms with Gasteiger partial charge in [-0.2, -0.15) is 8.62 Å². The fourth-order valence-corrected chi connectivity index (χ4v) is 5.42. The first-order valence-corrected chi connectivity index (χ1v) is 12.0. The average molecular weight is 493 g/mol. The van der Waals surface area contributed by atoms with E-state index in [0.717, 1.165) is 16.8 Å². The zero-order valence-electron chi connectivity index (χ0n) is 14.4. The fourth-order valence-electron chi connectivity index (χ4n) is 2.37. The second-order valence-electron chi connectivity index (χ2n) is 5.56. The van der Waals surface area contributed by atoms with E-state index in [1.54, 1.807) is 0 Å². The molecule has 0 saturated carbocycles. The number of hydrogen-bond donors (Lipinski definition) is 5. The standard InChI is InChI=1S/C9H14N5O13P3/c10-13-12-6-3-5(25-8(6)14-2-1-7(15)11-9(14)16)4-24-29(20,21)27-30(22,23)26-28(17,18)19/h1-2,5-6,8H,3-4H2,(H,20,21)(H,22,23)(H,11,15,16)(H2,17,18,19)/t5-,6+,8+/m0/s1. The molecule has 5 atom stereocenters. The monoisotopic (exact) mass is 493 g/mol. The van der Waals surface area contributed by atoms with Crippen LogP contribution < -0.4 is 11.2 Å². The fraction of sp³-hybridized carbons (Fsp3) is 0.556. The Bertz CT molecular complexity index is 1090. The number of aromatic nitrogens is 2. The Balaban J connectivity index is 2.08. The molecule has 18 nitrogen and oxygen atoms in total. The minimum Gasteiger partial charge on any atom is -0.352 e. The van der Waals surface area contributed by atoms with Crippen LogP contribution in [0.5, 0.6) is 0 Å². The van der Waals surface area contributed by atoms with Gasteiger partial charge in [0.1, 0.15) is 6.23 Å². The lowest BCUT2D eigenvalue weighted by molar-refractivity contribution is -0.0275. The van der Waals surface area contributed by atoms with Crippen LogP contribution in [-0.4, -0.2) is 47.9 Å². The summed E-state index contributed by atoms with van der Waals surface area (Å²) in [6, 6.07) is -0.00904. The van der Waals surface area contributed by atoms with Crippen LogP contribution in [0.15, 0.2) is 27.0 Å². The zero-order chi connectivity index (χ0) is 22.7. The maximum Gasteiger partial charge on any atom is 0.490 e. The highest BCUT2D eigenvalue weighted by molar-refractivity contribution is 7.66. The molecule has 1 aromatic heterocycles. The van der Waals surface area contributed by atoms with Gasteiger partial charge in [0.25, 0.3) is 5.56 Å². The van der Waals surface area contributed by atoms with Gasteiger partial charge in [-0.3, -0.25) is 18.9 Å². The van der Waals surface area contributed by atoms with Gasteiger partial charge in [0.05, 0.1) is 18.8 Å². The van der Waals surface area contributed by atoms with Gasteiger partial charge in [0.2, 0.25) is 0 Å². The van der Waals surface area contributed by atoms with Gasteiger partial charge < -0.3 is 24.3 Å². The third-order valence-electron chi connectivity index (χ3n) is 3.33. The van der Waals surface area contributed by atoms with Crippen LogP contribution in [0.4, 0.5) is 0 Å². The highest BCUT2D eigenvalue weighted by atomic mass is 31.3. The van der Waals surface area contributed by atoms with Gasteiger partial charge in [0.15, 0.2) is 0 Å². The number of ether oxygens (including phenoxy) is 1. The number of phosphoric acid groups is 3. The lowest BCUT2D eigenvalue weighted by atomic mass is 10.2. The van der Waals surface area contributed by atoms with Crippen molar-refractivity contribution in [3.05, 3.63) is 43.5 Å². The van der Waals surface area contributed by atoms with E-state index in [9.17, 15) is 28.2 Å². The maximum atomic E-state index is 11.9. The molecule has 2 unspecified atom stereocenters. The minimum atomic E-state index is -5.68. The Kier molecular flexibility index (Phi) is 7.59. The highest BCUT2D eigenvalue weighted by Crippen LogP contribution is 2.66. The molecule has 168 valence electrons. The number of phosphoric ester groups is 1. The van der Waals surface area contributed by atoms with Crippen LogP contribution >= 0.6 is 23.5 Å². The summed E-state index contributed by atoms with van der Waals surface area (Å²) in [5.41, 5.74) is 7.07. The Morgan fingerprint density at radius 2 is 1.90 bits per heavy atom. The Labute approximate surface area is 165 Å². The average Bonchev–Trinajstić information content (AvgIpc) is 2.93. The van der Waals surface area contributed by atoms with Gasteiger partial charge in [0, 0.05) is 17.2 Å². The van der Waals surface area contributed by atoms with Crippen LogP contribution in [0.2, 0.25) is 0 Å². The quantitative estimate of drug-likeness (QED) is 0.130. The molecule has 30 heavy (non-hydrogen) atoms. The molecule has 1 aromatic rings. The van der Waals surface area contributed by atoms with Gasteiger partial charge >= 0.3 is 29.2 Å². The number of hydrogen-bond acceptors (Lipinski definition) is 10. The summed E-state index contributed by atoms with van der Waals surface area (Å²) in [5, 5.41) is 3.43. The molecule has 1 saturated heterocycles. The first-order valence-electron chi connectivity index (χ1n) is 7.51. The topological polar surface area (TPSA) is 273 Å². The lowest BCUT2D eigenvalue weighted by Crippen LogP contribution is -2.34. The molecule has 2 heterocycles. The summed E-state index contributed by atoms with van der Waals surface area (Å²) >= 11 is 0. The number of azide groups is 1. The molecule has 0 aromatic carbocycles. The SMILES string of the molecule is [N-]=[N+]=N[C@@H]1C[C@@H](COP(=O)(O)OP(=O)(O)OP(=O)(O)O)O[C@H]1n1ccc(=O)[nH]c1=O. The molecule has 1 aliphatic rings. The molecule has 1 aliphatic heterocycles. The summed E-state index contributed by atoms with van der Waals surface area (Å²) in [6.45, 7) is -0.796. The Morgan fingerprint density at radius 3 is 2.47 bits per heavy atom. The number of aromatic amines is 1. The molecule has 0 radical (unpaired) electrons. The lowest BCUT2D eigenvalue weighted by Gasteiger charge is -2.19. The summed E-state index contributed by atoms with van der Waals surface area (Å²) in [4.78, 5) is 63.1.